The summed E-state index contributed by atoms with van der Waals surface area (Å²) in [6, 6.07) is 5.63. The van der Waals surface area contributed by atoms with Gasteiger partial charge in [0.25, 0.3) is 6.43 Å². The molecule has 0 fully saturated rings. The van der Waals surface area contributed by atoms with Crippen molar-refractivity contribution in [3.05, 3.63) is 29.8 Å². The molecule has 0 saturated carbocycles. The Bertz CT molecular complexity index is 413. The third-order valence-corrected chi connectivity index (χ3v) is 2.52. The number of halogens is 2. The van der Waals surface area contributed by atoms with E-state index in [0.717, 1.165) is 5.56 Å². The van der Waals surface area contributed by atoms with Crippen LogP contribution < -0.4 is 11.1 Å². The third-order valence-electron chi connectivity index (χ3n) is 2.52. The van der Waals surface area contributed by atoms with Crippen molar-refractivity contribution in [2.24, 2.45) is 5.73 Å². The van der Waals surface area contributed by atoms with Gasteiger partial charge < -0.3 is 20.9 Å². The molecule has 5 nitrogen and oxygen atoms in total. The Balaban J connectivity index is 2.23. The fourth-order valence-electron chi connectivity index (χ4n) is 1.53. The van der Waals surface area contributed by atoms with Crippen LogP contribution in [0.2, 0.25) is 0 Å². The van der Waals surface area contributed by atoms with E-state index >= 15 is 0 Å². The van der Waals surface area contributed by atoms with Crippen molar-refractivity contribution >= 4 is 5.91 Å². The molecule has 1 rings (SSSR count). The van der Waals surface area contributed by atoms with Crippen LogP contribution in [0.15, 0.2) is 24.3 Å². The van der Waals surface area contributed by atoms with E-state index in [1.807, 2.05) is 0 Å². The van der Waals surface area contributed by atoms with Gasteiger partial charge >= 0.3 is 0 Å². The van der Waals surface area contributed by atoms with Gasteiger partial charge in [-0.05, 0) is 24.1 Å². The first-order valence-electron chi connectivity index (χ1n) is 6.16. The number of hydrogen-bond donors (Lipinski definition) is 3. The summed E-state index contributed by atoms with van der Waals surface area (Å²) in [6.07, 6.45) is -2.19. The molecule has 0 heterocycles. The third kappa shape index (κ3) is 6.44. The fraction of sp³-hybridized carbons (Fsp3) is 0.462. The number of alkyl halides is 2. The molecule has 1 aromatic carbocycles. The second kappa shape index (κ2) is 8.44. The molecule has 1 amide bonds. The van der Waals surface area contributed by atoms with Crippen molar-refractivity contribution < 1.29 is 23.4 Å². The average Bonchev–Trinajstić information content (AvgIpc) is 2.40. The minimum absolute atomic E-state index is 0.0159. The number of carbonyl (C=O) groups excluding carboxylic acids is 1. The standard InChI is InChI=1S/C13H18F2N2O3/c14-12(15)8-20-6-5-17-13(19)11(16)7-9-1-3-10(18)4-2-9/h1-4,11-12,18H,5-8,16H2,(H,17,19). The Labute approximate surface area is 115 Å². The molecule has 0 saturated heterocycles. The highest BCUT2D eigenvalue weighted by Crippen LogP contribution is 2.10. The average molecular weight is 288 g/mol. The van der Waals surface area contributed by atoms with Gasteiger partial charge in [-0.3, -0.25) is 4.79 Å². The molecule has 20 heavy (non-hydrogen) atoms. The number of phenols is 1. The van der Waals surface area contributed by atoms with E-state index in [9.17, 15) is 13.6 Å². The first kappa shape index (κ1) is 16.3. The Kier molecular flexibility index (Phi) is 6.89. The number of aromatic hydroxyl groups is 1. The van der Waals surface area contributed by atoms with Gasteiger partial charge in [0.15, 0.2) is 0 Å². The van der Waals surface area contributed by atoms with Crippen molar-refractivity contribution in [1.29, 1.82) is 0 Å². The lowest BCUT2D eigenvalue weighted by Gasteiger charge is -2.12. The molecule has 0 aromatic heterocycles. The Morgan fingerprint density at radius 1 is 1.35 bits per heavy atom. The van der Waals surface area contributed by atoms with E-state index < -0.39 is 19.1 Å². The topological polar surface area (TPSA) is 84.6 Å². The highest BCUT2D eigenvalue weighted by molar-refractivity contribution is 5.81. The van der Waals surface area contributed by atoms with Gasteiger partial charge in [-0.25, -0.2) is 8.78 Å². The molecular weight excluding hydrogens is 270 g/mol. The van der Waals surface area contributed by atoms with Crippen molar-refractivity contribution in [2.75, 3.05) is 19.8 Å². The molecule has 0 spiro atoms. The van der Waals surface area contributed by atoms with Crippen LogP contribution in [0, 0.1) is 0 Å². The zero-order valence-electron chi connectivity index (χ0n) is 10.9. The summed E-state index contributed by atoms with van der Waals surface area (Å²) >= 11 is 0. The monoisotopic (exact) mass is 288 g/mol. The van der Waals surface area contributed by atoms with E-state index in [1.165, 1.54) is 12.1 Å². The lowest BCUT2D eigenvalue weighted by atomic mass is 10.1. The Morgan fingerprint density at radius 2 is 2.00 bits per heavy atom. The number of hydrogen-bond acceptors (Lipinski definition) is 4. The maximum atomic E-state index is 11.8. The Hall–Kier alpha value is -1.73. The number of ether oxygens (including phenoxy) is 1. The van der Waals surface area contributed by atoms with Crippen LogP contribution in [0.3, 0.4) is 0 Å². The Morgan fingerprint density at radius 3 is 2.60 bits per heavy atom. The van der Waals surface area contributed by atoms with Crippen molar-refractivity contribution in [3.8, 4) is 5.75 Å². The number of nitrogens with one attached hydrogen (secondary N) is 1. The molecule has 0 aliphatic rings. The zero-order chi connectivity index (χ0) is 15.0. The SMILES string of the molecule is NC(Cc1ccc(O)cc1)C(=O)NCCOCC(F)F. The van der Waals surface area contributed by atoms with E-state index in [1.54, 1.807) is 12.1 Å². The van der Waals surface area contributed by atoms with Gasteiger partial charge in [0.1, 0.15) is 12.4 Å². The molecule has 0 aliphatic carbocycles. The number of carbonyl (C=O) groups is 1. The van der Waals surface area contributed by atoms with Crippen LogP contribution in [0.1, 0.15) is 5.56 Å². The second-order valence-corrected chi connectivity index (χ2v) is 4.23. The number of phenolic OH excluding ortho intramolecular Hbond substituents is 1. The van der Waals surface area contributed by atoms with Gasteiger partial charge in [-0.1, -0.05) is 12.1 Å². The van der Waals surface area contributed by atoms with Crippen molar-refractivity contribution in [1.82, 2.24) is 5.32 Å². The summed E-state index contributed by atoms with van der Waals surface area (Å²) < 4.78 is 28.2. The molecule has 1 aromatic rings. The number of rotatable bonds is 8. The summed E-state index contributed by atoms with van der Waals surface area (Å²) in [6.45, 7) is -0.494. The summed E-state index contributed by atoms with van der Waals surface area (Å²) in [5.74, 6) is -0.235. The highest BCUT2D eigenvalue weighted by Gasteiger charge is 2.13. The minimum Gasteiger partial charge on any atom is -0.508 e. The van der Waals surface area contributed by atoms with Crippen molar-refractivity contribution in [3.63, 3.8) is 0 Å². The van der Waals surface area contributed by atoms with E-state index in [2.05, 4.69) is 10.1 Å². The smallest absolute Gasteiger partial charge is 0.261 e. The quantitative estimate of drug-likeness (QED) is 0.614. The van der Waals surface area contributed by atoms with Crippen LogP contribution in [0.4, 0.5) is 8.78 Å². The molecule has 0 radical (unpaired) electrons. The van der Waals surface area contributed by atoms with Crippen LogP contribution in [0.5, 0.6) is 5.75 Å². The number of amides is 1. The van der Waals surface area contributed by atoms with Crippen LogP contribution in [-0.2, 0) is 16.0 Å². The van der Waals surface area contributed by atoms with Gasteiger partial charge in [-0.15, -0.1) is 0 Å². The van der Waals surface area contributed by atoms with Gasteiger partial charge in [-0.2, -0.15) is 0 Å². The maximum Gasteiger partial charge on any atom is 0.261 e. The van der Waals surface area contributed by atoms with Gasteiger partial charge in [0.2, 0.25) is 5.91 Å². The molecule has 4 N–H and O–H groups in total. The molecular formula is C13H18F2N2O3. The van der Waals surface area contributed by atoms with E-state index in [0.29, 0.717) is 6.42 Å². The summed E-state index contributed by atoms with van der Waals surface area (Å²) in [7, 11) is 0. The van der Waals surface area contributed by atoms with Gasteiger partial charge in [0, 0.05) is 6.54 Å². The largest absolute Gasteiger partial charge is 0.508 e. The van der Waals surface area contributed by atoms with Crippen LogP contribution >= 0.6 is 0 Å². The summed E-state index contributed by atoms with van der Waals surface area (Å²) in [4.78, 5) is 11.6. The molecule has 0 bridgehead atoms. The lowest BCUT2D eigenvalue weighted by molar-refractivity contribution is -0.122. The first-order valence-corrected chi connectivity index (χ1v) is 6.16. The fourth-order valence-corrected chi connectivity index (χ4v) is 1.53. The predicted molar refractivity (Wildman–Crippen MR) is 69.6 cm³/mol. The van der Waals surface area contributed by atoms with Crippen LogP contribution in [0.25, 0.3) is 0 Å². The zero-order valence-corrected chi connectivity index (χ0v) is 10.9. The number of benzene rings is 1. The minimum atomic E-state index is -2.51. The van der Waals surface area contributed by atoms with Gasteiger partial charge in [0.05, 0.1) is 12.6 Å². The predicted octanol–water partition coefficient (Wildman–Crippen LogP) is 0.660. The van der Waals surface area contributed by atoms with Crippen LogP contribution in [-0.4, -0.2) is 43.2 Å². The molecule has 7 heteroatoms. The lowest BCUT2D eigenvalue weighted by Crippen LogP contribution is -2.43. The number of nitrogens with two attached hydrogens (primary N) is 1. The maximum absolute atomic E-state index is 11.8. The molecule has 0 aliphatic heterocycles. The normalized spacial score (nSPS) is 12.4. The second-order valence-electron chi connectivity index (χ2n) is 4.23. The first-order chi connectivity index (χ1) is 9.49. The van der Waals surface area contributed by atoms with E-state index in [-0.39, 0.29) is 24.8 Å². The summed E-state index contributed by atoms with van der Waals surface area (Å²) in [5.41, 5.74) is 6.53. The molecule has 1 atom stereocenters. The summed E-state index contributed by atoms with van der Waals surface area (Å²) in [5, 5.41) is 11.6. The van der Waals surface area contributed by atoms with Crippen molar-refractivity contribution in [2.45, 2.75) is 18.9 Å². The van der Waals surface area contributed by atoms with E-state index in [4.69, 9.17) is 10.8 Å². The molecule has 112 valence electrons. The highest BCUT2D eigenvalue weighted by atomic mass is 19.3. The molecule has 1 unspecified atom stereocenters.